The van der Waals surface area contributed by atoms with Gasteiger partial charge in [-0.3, -0.25) is 4.79 Å². The fourth-order valence-corrected chi connectivity index (χ4v) is 1.99. The fraction of sp³-hybridized carbons (Fsp3) is 0.188. The van der Waals surface area contributed by atoms with Crippen LogP contribution in [-0.2, 0) is 4.79 Å². The van der Waals surface area contributed by atoms with Crippen LogP contribution in [0.25, 0.3) is 0 Å². The molecule has 0 unspecified atom stereocenters. The molecule has 110 valence electrons. The number of nitrogens with one attached hydrogen (secondary N) is 1. The molecule has 0 aliphatic carbocycles. The summed E-state index contributed by atoms with van der Waals surface area (Å²) in [5.41, 5.74) is 1.65. The molecule has 2 aromatic rings. The molecule has 0 fully saturated rings. The third kappa shape index (κ3) is 4.39. The number of anilines is 1. The molecule has 0 saturated heterocycles. The molecule has 0 heterocycles. The Balaban J connectivity index is 1.97. The first-order chi connectivity index (χ1) is 10.1. The second-order valence-electron chi connectivity index (χ2n) is 4.50. The number of ether oxygens (including phenoxy) is 2. The van der Waals surface area contributed by atoms with Crippen LogP contribution in [-0.4, -0.2) is 19.6 Å². The number of rotatable bonds is 5. The molecule has 0 aliphatic rings. The summed E-state index contributed by atoms with van der Waals surface area (Å²) in [6.07, 6.45) is 0. The first-order valence-corrected chi connectivity index (χ1v) is 6.79. The molecule has 0 atom stereocenters. The van der Waals surface area contributed by atoms with Gasteiger partial charge in [-0.05, 0) is 42.8 Å². The Bertz CT molecular complexity index is 643. The minimum absolute atomic E-state index is 0.0998. The SMILES string of the molecule is COc1ccc(C)cc1NC(=O)COc1cccc(Cl)c1. The van der Waals surface area contributed by atoms with E-state index < -0.39 is 0 Å². The third-order valence-electron chi connectivity index (χ3n) is 2.80. The Kier molecular flexibility index (Phi) is 5.06. The first kappa shape index (κ1) is 15.2. The molecule has 1 N–H and O–H groups in total. The van der Waals surface area contributed by atoms with Crippen molar-refractivity contribution in [3.05, 3.63) is 53.1 Å². The van der Waals surface area contributed by atoms with E-state index in [1.165, 1.54) is 0 Å². The lowest BCUT2D eigenvalue weighted by atomic mass is 10.2. The van der Waals surface area contributed by atoms with Crippen molar-refractivity contribution in [1.29, 1.82) is 0 Å². The fourth-order valence-electron chi connectivity index (χ4n) is 1.81. The topological polar surface area (TPSA) is 47.6 Å². The number of carbonyl (C=O) groups is 1. The summed E-state index contributed by atoms with van der Waals surface area (Å²) in [5, 5.41) is 3.33. The normalized spacial score (nSPS) is 10.0. The van der Waals surface area contributed by atoms with Gasteiger partial charge in [0.2, 0.25) is 0 Å². The van der Waals surface area contributed by atoms with Gasteiger partial charge in [0.1, 0.15) is 11.5 Å². The molecule has 0 aliphatic heterocycles. The van der Waals surface area contributed by atoms with Gasteiger partial charge in [0, 0.05) is 5.02 Å². The number of carbonyl (C=O) groups excluding carboxylic acids is 1. The first-order valence-electron chi connectivity index (χ1n) is 6.41. The van der Waals surface area contributed by atoms with E-state index in [-0.39, 0.29) is 12.5 Å². The summed E-state index contributed by atoms with van der Waals surface area (Å²) in [6, 6.07) is 12.5. The van der Waals surface area contributed by atoms with Gasteiger partial charge in [-0.15, -0.1) is 0 Å². The van der Waals surface area contributed by atoms with E-state index >= 15 is 0 Å². The Morgan fingerprint density at radius 1 is 1.24 bits per heavy atom. The second kappa shape index (κ2) is 6.99. The number of hydrogen-bond acceptors (Lipinski definition) is 3. The predicted molar refractivity (Wildman–Crippen MR) is 83.3 cm³/mol. The lowest BCUT2D eigenvalue weighted by Gasteiger charge is -2.11. The highest BCUT2D eigenvalue weighted by Crippen LogP contribution is 2.25. The zero-order valence-electron chi connectivity index (χ0n) is 11.9. The van der Waals surface area contributed by atoms with Gasteiger partial charge in [-0.2, -0.15) is 0 Å². The van der Waals surface area contributed by atoms with Gasteiger partial charge in [-0.1, -0.05) is 23.7 Å². The maximum Gasteiger partial charge on any atom is 0.262 e. The maximum atomic E-state index is 11.9. The summed E-state index contributed by atoms with van der Waals surface area (Å²) in [5.74, 6) is 0.893. The lowest BCUT2D eigenvalue weighted by molar-refractivity contribution is -0.118. The predicted octanol–water partition coefficient (Wildman–Crippen LogP) is 3.67. The number of methoxy groups -OCH3 is 1. The van der Waals surface area contributed by atoms with Crippen LogP contribution in [0.5, 0.6) is 11.5 Å². The summed E-state index contributed by atoms with van der Waals surface area (Å²) >= 11 is 5.85. The van der Waals surface area contributed by atoms with Gasteiger partial charge < -0.3 is 14.8 Å². The minimum Gasteiger partial charge on any atom is -0.495 e. The van der Waals surface area contributed by atoms with Crippen LogP contribution in [0.3, 0.4) is 0 Å². The monoisotopic (exact) mass is 305 g/mol. The smallest absolute Gasteiger partial charge is 0.262 e. The van der Waals surface area contributed by atoms with Crippen molar-refractivity contribution in [3.63, 3.8) is 0 Å². The molecule has 5 heteroatoms. The van der Waals surface area contributed by atoms with Crippen LogP contribution < -0.4 is 14.8 Å². The number of halogens is 1. The van der Waals surface area contributed by atoms with Crippen molar-refractivity contribution in [1.82, 2.24) is 0 Å². The van der Waals surface area contributed by atoms with E-state index in [1.807, 2.05) is 25.1 Å². The van der Waals surface area contributed by atoms with Crippen molar-refractivity contribution in [2.24, 2.45) is 0 Å². The molecule has 0 bridgehead atoms. The highest BCUT2D eigenvalue weighted by atomic mass is 35.5. The van der Waals surface area contributed by atoms with E-state index in [0.717, 1.165) is 5.56 Å². The summed E-state index contributed by atoms with van der Waals surface area (Å²) in [7, 11) is 1.56. The van der Waals surface area contributed by atoms with Crippen molar-refractivity contribution >= 4 is 23.2 Å². The van der Waals surface area contributed by atoms with Crippen LogP contribution in [0, 0.1) is 6.92 Å². The van der Waals surface area contributed by atoms with Gasteiger partial charge in [-0.25, -0.2) is 0 Å². The molecule has 2 aromatic carbocycles. The van der Waals surface area contributed by atoms with Crippen LogP contribution in [0.4, 0.5) is 5.69 Å². The largest absolute Gasteiger partial charge is 0.495 e. The zero-order chi connectivity index (χ0) is 15.2. The average Bonchev–Trinajstić information content (AvgIpc) is 2.45. The van der Waals surface area contributed by atoms with Gasteiger partial charge in [0.15, 0.2) is 6.61 Å². The molecular formula is C16H16ClNO3. The number of aryl methyl sites for hydroxylation is 1. The summed E-state index contributed by atoms with van der Waals surface area (Å²) < 4.78 is 10.6. The van der Waals surface area contributed by atoms with Crippen LogP contribution in [0.2, 0.25) is 5.02 Å². The Morgan fingerprint density at radius 3 is 2.76 bits per heavy atom. The molecule has 0 spiro atoms. The van der Waals surface area contributed by atoms with Crippen LogP contribution >= 0.6 is 11.6 Å². The number of amides is 1. The van der Waals surface area contributed by atoms with Gasteiger partial charge in [0.25, 0.3) is 5.91 Å². The summed E-state index contributed by atoms with van der Waals surface area (Å²) in [6.45, 7) is 1.84. The Morgan fingerprint density at radius 2 is 2.05 bits per heavy atom. The molecule has 2 rings (SSSR count). The third-order valence-corrected chi connectivity index (χ3v) is 3.03. The van der Waals surface area contributed by atoms with Crippen molar-refractivity contribution in [2.45, 2.75) is 6.92 Å². The standard InChI is InChI=1S/C16H16ClNO3/c1-11-6-7-15(20-2)14(8-11)18-16(19)10-21-13-5-3-4-12(17)9-13/h3-9H,10H2,1-2H3,(H,18,19). The molecule has 1 amide bonds. The summed E-state index contributed by atoms with van der Waals surface area (Å²) in [4.78, 5) is 11.9. The zero-order valence-corrected chi connectivity index (χ0v) is 12.6. The molecule has 0 aromatic heterocycles. The number of hydrogen-bond donors (Lipinski definition) is 1. The van der Waals surface area contributed by atoms with E-state index in [1.54, 1.807) is 31.4 Å². The minimum atomic E-state index is -0.265. The second-order valence-corrected chi connectivity index (χ2v) is 4.93. The van der Waals surface area contributed by atoms with E-state index in [4.69, 9.17) is 21.1 Å². The highest BCUT2D eigenvalue weighted by molar-refractivity contribution is 6.30. The van der Waals surface area contributed by atoms with E-state index in [0.29, 0.717) is 22.2 Å². The van der Waals surface area contributed by atoms with Crippen molar-refractivity contribution in [3.8, 4) is 11.5 Å². The van der Waals surface area contributed by atoms with Crippen LogP contribution in [0.1, 0.15) is 5.56 Å². The Labute approximate surface area is 128 Å². The van der Waals surface area contributed by atoms with Crippen molar-refractivity contribution < 1.29 is 14.3 Å². The molecular weight excluding hydrogens is 290 g/mol. The van der Waals surface area contributed by atoms with Crippen molar-refractivity contribution in [2.75, 3.05) is 19.0 Å². The lowest BCUT2D eigenvalue weighted by Crippen LogP contribution is -2.20. The van der Waals surface area contributed by atoms with E-state index in [9.17, 15) is 4.79 Å². The van der Waals surface area contributed by atoms with Crippen LogP contribution in [0.15, 0.2) is 42.5 Å². The average molecular weight is 306 g/mol. The van der Waals surface area contributed by atoms with Gasteiger partial charge in [0.05, 0.1) is 12.8 Å². The molecule has 4 nitrogen and oxygen atoms in total. The van der Waals surface area contributed by atoms with Gasteiger partial charge >= 0.3 is 0 Å². The highest BCUT2D eigenvalue weighted by Gasteiger charge is 2.08. The molecule has 0 radical (unpaired) electrons. The van der Waals surface area contributed by atoms with E-state index in [2.05, 4.69) is 5.32 Å². The number of benzene rings is 2. The quantitative estimate of drug-likeness (QED) is 0.916. The molecule has 0 saturated carbocycles. The maximum absolute atomic E-state index is 11.9. The molecule has 21 heavy (non-hydrogen) atoms. The Hall–Kier alpha value is -2.20.